The largest absolute Gasteiger partial charge is 0.497 e. The number of amides is 2. The molecule has 1 fully saturated rings. The molecule has 2 amide bonds. The van der Waals surface area contributed by atoms with Crippen molar-refractivity contribution in [3.63, 3.8) is 0 Å². The number of hydrogen-bond acceptors (Lipinski definition) is 6. The molecule has 204 valence electrons. The van der Waals surface area contributed by atoms with Crippen LogP contribution in [-0.4, -0.2) is 54.5 Å². The second-order valence-electron chi connectivity index (χ2n) is 9.69. The minimum atomic E-state index is -0.871. The summed E-state index contributed by atoms with van der Waals surface area (Å²) >= 11 is 0. The molecule has 3 N–H and O–H groups in total. The number of hydrogen-bond donors (Lipinski definition) is 2. The van der Waals surface area contributed by atoms with Gasteiger partial charge in [-0.1, -0.05) is 72.8 Å². The molecule has 3 atom stereocenters. The highest BCUT2D eigenvalue weighted by molar-refractivity contribution is 5.92. The Bertz CT molecular complexity index is 1230. The summed E-state index contributed by atoms with van der Waals surface area (Å²) in [5.41, 5.74) is 8.89. The van der Waals surface area contributed by atoms with E-state index in [9.17, 15) is 14.4 Å². The van der Waals surface area contributed by atoms with Crippen molar-refractivity contribution in [3.8, 4) is 5.75 Å². The van der Waals surface area contributed by atoms with E-state index in [2.05, 4.69) is 5.32 Å². The van der Waals surface area contributed by atoms with E-state index in [1.54, 1.807) is 7.11 Å². The highest BCUT2D eigenvalue weighted by Gasteiger charge is 2.39. The van der Waals surface area contributed by atoms with Crippen molar-refractivity contribution in [2.24, 2.45) is 5.73 Å². The molecule has 3 aromatic rings. The molecule has 8 nitrogen and oxygen atoms in total. The van der Waals surface area contributed by atoms with E-state index in [1.165, 1.54) is 4.90 Å². The number of likely N-dealkylation sites (tertiary alicyclic amines) is 1. The van der Waals surface area contributed by atoms with Crippen LogP contribution in [0, 0.1) is 0 Å². The summed E-state index contributed by atoms with van der Waals surface area (Å²) in [6, 6.07) is 23.8. The highest BCUT2D eigenvalue weighted by Crippen LogP contribution is 2.21. The van der Waals surface area contributed by atoms with Gasteiger partial charge in [0.25, 0.3) is 0 Å². The smallest absolute Gasteiger partial charge is 0.329 e. The molecule has 1 aliphatic rings. The lowest BCUT2D eigenvalue weighted by Gasteiger charge is -2.29. The standard InChI is InChI=1S/C31H35N3O5/c1-38-25-16-14-23(15-17-25)19-26(32)29(35)33-27(20-22-9-4-2-5-10-22)30(36)34-18-8-13-28(34)31(37)39-21-24-11-6-3-7-12-24/h2-7,9-12,14-17,26-28H,8,13,18-21,32H2,1H3,(H,33,35)/t26-,27+,28-/m1/s1. The third kappa shape index (κ3) is 7.67. The second-order valence-corrected chi connectivity index (χ2v) is 9.69. The first-order valence-electron chi connectivity index (χ1n) is 13.2. The fraction of sp³-hybridized carbons (Fsp3) is 0.323. The maximum atomic E-state index is 13.8. The number of nitrogens with zero attached hydrogens (tertiary/aromatic N) is 1. The lowest BCUT2D eigenvalue weighted by atomic mass is 10.0. The predicted octanol–water partition coefficient (Wildman–Crippen LogP) is 3.03. The molecule has 4 rings (SSSR count). The van der Waals surface area contributed by atoms with Crippen molar-refractivity contribution in [1.29, 1.82) is 0 Å². The molecule has 0 saturated carbocycles. The van der Waals surface area contributed by atoms with Crippen LogP contribution < -0.4 is 15.8 Å². The number of carbonyl (C=O) groups excluding carboxylic acids is 3. The third-order valence-corrected chi connectivity index (χ3v) is 6.88. The van der Waals surface area contributed by atoms with E-state index in [1.807, 2.05) is 84.9 Å². The summed E-state index contributed by atoms with van der Waals surface area (Å²) in [5.74, 6) is -0.469. The lowest BCUT2D eigenvalue weighted by molar-refractivity contribution is -0.155. The van der Waals surface area contributed by atoms with Crippen LogP contribution in [0.3, 0.4) is 0 Å². The normalized spacial score (nSPS) is 16.3. The molecule has 1 saturated heterocycles. The minimum absolute atomic E-state index is 0.141. The van der Waals surface area contributed by atoms with Crippen LogP contribution in [-0.2, 0) is 38.6 Å². The van der Waals surface area contributed by atoms with Gasteiger partial charge in [0.15, 0.2) is 0 Å². The van der Waals surface area contributed by atoms with Crippen LogP contribution in [0.1, 0.15) is 29.5 Å². The zero-order valence-electron chi connectivity index (χ0n) is 22.1. The molecule has 0 bridgehead atoms. The molecule has 8 heteroatoms. The average molecular weight is 530 g/mol. The quantitative estimate of drug-likeness (QED) is 0.370. The Hall–Kier alpha value is -4.17. The van der Waals surface area contributed by atoms with E-state index < -0.39 is 30.0 Å². The molecule has 0 aromatic heterocycles. The number of nitrogens with two attached hydrogens (primary N) is 1. The summed E-state index contributed by atoms with van der Waals surface area (Å²) in [5, 5.41) is 2.87. The Morgan fingerprint density at radius 2 is 1.51 bits per heavy atom. The molecule has 0 spiro atoms. The molecule has 39 heavy (non-hydrogen) atoms. The van der Waals surface area contributed by atoms with E-state index in [4.69, 9.17) is 15.2 Å². The van der Waals surface area contributed by atoms with Crippen LogP contribution >= 0.6 is 0 Å². The summed E-state index contributed by atoms with van der Waals surface area (Å²) in [4.78, 5) is 41.4. The summed E-state index contributed by atoms with van der Waals surface area (Å²) < 4.78 is 10.7. The Balaban J connectivity index is 1.44. The Labute approximate surface area is 229 Å². The van der Waals surface area contributed by atoms with Gasteiger partial charge >= 0.3 is 5.97 Å². The predicted molar refractivity (Wildman–Crippen MR) is 148 cm³/mol. The highest BCUT2D eigenvalue weighted by atomic mass is 16.5. The van der Waals surface area contributed by atoms with E-state index in [0.717, 1.165) is 16.7 Å². The molecular weight excluding hydrogens is 494 g/mol. The number of benzene rings is 3. The molecule has 0 radical (unpaired) electrons. The van der Waals surface area contributed by atoms with Gasteiger partial charge in [0, 0.05) is 13.0 Å². The summed E-state index contributed by atoms with van der Waals surface area (Å²) in [6.45, 7) is 0.561. The number of carbonyl (C=O) groups is 3. The van der Waals surface area contributed by atoms with Crippen molar-refractivity contribution >= 4 is 17.8 Å². The van der Waals surface area contributed by atoms with Crippen molar-refractivity contribution in [2.45, 2.75) is 50.4 Å². The van der Waals surface area contributed by atoms with E-state index >= 15 is 0 Å². The number of rotatable bonds is 11. The van der Waals surface area contributed by atoms with Crippen molar-refractivity contribution in [3.05, 3.63) is 102 Å². The van der Waals surface area contributed by atoms with Crippen LogP contribution in [0.5, 0.6) is 5.75 Å². The second kappa shape index (κ2) is 13.6. The zero-order chi connectivity index (χ0) is 27.6. The first kappa shape index (κ1) is 27.9. The molecular formula is C31H35N3O5. The first-order valence-corrected chi connectivity index (χ1v) is 13.2. The fourth-order valence-electron chi connectivity index (χ4n) is 4.74. The van der Waals surface area contributed by atoms with Crippen molar-refractivity contribution in [2.75, 3.05) is 13.7 Å². The van der Waals surface area contributed by atoms with Gasteiger partial charge in [0.05, 0.1) is 13.2 Å². The topological polar surface area (TPSA) is 111 Å². The van der Waals surface area contributed by atoms with Gasteiger partial charge in [-0.25, -0.2) is 4.79 Å². The first-order chi connectivity index (χ1) is 18.9. The summed E-state index contributed by atoms with van der Waals surface area (Å²) in [6.07, 6.45) is 1.78. The number of methoxy groups -OCH3 is 1. The Kier molecular flexibility index (Phi) is 9.69. The van der Waals surface area contributed by atoms with Gasteiger partial charge in [-0.15, -0.1) is 0 Å². The van der Waals surface area contributed by atoms with E-state index in [-0.39, 0.29) is 18.9 Å². The Morgan fingerprint density at radius 3 is 2.15 bits per heavy atom. The molecule has 1 heterocycles. The van der Waals surface area contributed by atoms with Gasteiger partial charge in [-0.3, -0.25) is 9.59 Å². The maximum absolute atomic E-state index is 13.8. The minimum Gasteiger partial charge on any atom is -0.497 e. The third-order valence-electron chi connectivity index (χ3n) is 6.88. The number of ether oxygens (including phenoxy) is 2. The molecule has 1 aliphatic heterocycles. The van der Waals surface area contributed by atoms with Crippen LogP contribution in [0.2, 0.25) is 0 Å². The van der Waals surface area contributed by atoms with Crippen LogP contribution in [0.4, 0.5) is 0 Å². The monoisotopic (exact) mass is 529 g/mol. The van der Waals surface area contributed by atoms with Crippen molar-refractivity contribution < 1.29 is 23.9 Å². The van der Waals surface area contributed by atoms with Gasteiger partial charge in [-0.05, 0) is 48.1 Å². The van der Waals surface area contributed by atoms with Gasteiger partial charge < -0.3 is 25.4 Å². The lowest BCUT2D eigenvalue weighted by Crippen LogP contribution is -2.55. The Morgan fingerprint density at radius 1 is 0.897 bits per heavy atom. The SMILES string of the molecule is COc1ccc(C[C@@H](N)C(=O)N[C@@H](Cc2ccccc2)C(=O)N2CCC[C@@H]2C(=O)OCc2ccccc2)cc1. The van der Waals surface area contributed by atoms with E-state index in [0.29, 0.717) is 31.6 Å². The fourth-order valence-corrected chi connectivity index (χ4v) is 4.74. The van der Waals surface area contributed by atoms with Crippen LogP contribution in [0.25, 0.3) is 0 Å². The average Bonchev–Trinajstić information content (AvgIpc) is 3.47. The number of esters is 1. The van der Waals surface area contributed by atoms with Gasteiger partial charge in [0.1, 0.15) is 24.4 Å². The van der Waals surface area contributed by atoms with Crippen LogP contribution in [0.15, 0.2) is 84.9 Å². The molecule has 0 aliphatic carbocycles. The maximum Gasteiger partial charge on any atom is 0.329 e. The van der Waals surface area contributed by atoms with Gasteiger partial charge in [-0.2, -0.15) is 0 Å². The molecule has 0 unspecified atom stereocenters. The summed E-state index contributed by atoms with van der Waals surface area (Å²) in [7, 11) is 1.59. The van der Waals surface area contributed by atoms with Crippen molar-refractivity contribution in [1.82, 2.24) is 10.2 Å². The number of nitrogens with one attached hydrogen (secondary N) is 1. The zero-order valence-corrected chi connectivity index (χ0v) is 22.1. The van der Waals surface area contributed by atoms with Gasteiger partial charge in [0.2, 0.25) is 11.8 Å². The molecule has 3 aromatic carbocycles.